The molecular weight excluding hydrogens is 326 g/mol. The second kappa shape index (κ2) is 6.49. The van der Waals surface area contributed by atoms with E-state index in [2.05, 4.69) is 9.97 Å². The third kappa shape index (κ3) is 2.89. The van der Waals surface area contributed by atoms with Gasteiger partial charge in [0.05, 0.1) is 31.4 Å². The molecular formula is C17H19N3O3S. The summed E-state index contributed by atoms with van der Waals surface area (Å²) in [6, 6.07) is 3.77. The van der Waals surface area contributed by atoms with Gasteiger partial charge in [0.25, 0.3) is 5.91 Å². The number of hydrogen-bond acceptors (Lipinski definition) is 6. The van der Waals surface area contributed by atoms with Crippen molar-refractivity contribution in [3.05, 3.63) is 41.1 Å². The monoisotopic (exact) mass is 345 g/mol. The molecule has 7 heteroatoms. The molecule has 2 aliphatic rings. The first-order valence-electron chi connectivity index (χ1n) is 8.11. The number of nitrogens with zero attached hydrogens (tertiary/aromatic N) is 3. The summed E-state index contributed by atoms with van der Waals surface area (Å²) in [6.45, 7) is 2.71. The van der Waals surface area contributed by atoms with Crippen LogP contribution in [0.4, 0.5) is 0 Å². The number of amides is 1. The number of carbonyl (C=O) groups excluding carboxylic acids is 1. The van der Waals surface area contributed by atoms with Crippen molar-refractivity contribution in [2.24, 2.45) is 5.92 Å². The maximum atomic E-state index is 12.3. The van der Waals surface area contributed by atoms with Gasteiger partial charge in [0.2, 0.25) is 0 Å². The van der Waals surface area contributed by atoms with E-state index in [9.17, 15) is 4.79 Å². The van der Waals surface area contributed by atoms with Gasteiger partial charge in [-0.15, -0.1) is 11.3 Å². The van der Waals surface area contributed by atoms with Crippen LogP contribution in [0.25, 0.3) is 0 Å². The fourth-order valence-corrected chi connectivity index (χ4v) is 4.04. The van der Waals surface area contributed by atoms with E-state index in [1.54, 1.807) is 23.3 Å². The Kier molecular flexibility index (Phi) is 4.20. The molecule has 6 nitrogen and oxygen atoms in total. The van der Waals surface area contributed by atoms with Crippen molar-refractivity contribution in [2.75, 3.05) is 26.3 Å². The Morgan fingerprint density at radius 3 is 3.17 bits per heavy atom. The predicted molar refractivity (Wildman–Crippen MR) is 89.2 cm³/mol. The Balaban J connectivity index is 1.30. The molecule has 4 heterocycles. The van der Waals surface area contributed by atoms with Crippen LogP contribution in [0.3, 0.4) is 0 Å². The number of aromatic nitrogens is 2. The third-order valence-electron chi connectivity index (χ3n) is 4.82. The highest BCUT2D eigenvalue weighted by Gasteiger charge is 2.54. The molecule has 0 radical (unpaired) electrons. The normalized spacial score (nSPS) is 21.7. The molecule has 1 spiro atoms. The standard InChI is InChI=1S/C17H19N3O3S/c21-16(15-9-24-12-19-15)20-10-17(11-20)13(4-7-23-17)3-6-22-14-2-1-5-18-8-14/h1-2,5,8-9,12-13H,3-4,6-7,10-11H2. The predicted octanol–water partition coefficient (Wildman–Crippen LogP) is 2.24. The second-order valence-corrected chi connectivity index (χ2v) is 6.98. The maximum Gasteiger partial charge on any atom is 0.273 e. The van der Waals surface area contributed by atoms with Gasteiger partial charge in [0.15, 0.2) is 0 Å². The van der Waals surface area contributed by atoms with Crippen LogP contribution in [-0.2, 0) is 4.74 Å². The van der Waals surface area contributed by atoms with Crippen LogP contribution < -0.4 is 4.74 Å². The topological polar surface area (TPSA) is 64.6 Å². The zero-order valence-electron chi connectivity index (χ0n) is 13.3. The molecule has 4 rings (SSSR count). The Bertz CT molecular complexity index is 686. The highest BCUT2D eigenvalue weighted by Crippen LogP contribution is 2.42. The van der Waals surface area contributed by atoms with Gasteiger partial charge in [-0.2, -0.15) is 0 Å². The summed E-state index contributed by atoms with van der Waals surface area (Å²) in [5.41, 5.74) is 2.03. The first-order valence-corrected chi connectivity index (χ1v) is 9.05. The van der Waals surface area contributed by atoms with Crippen molar-refractivity contribution in [1.29, 1.82) is 0 Å². The third-order valence-corrected chi connectivity index (χ3v) is 5.41. The first-order chi connectivity index (χ1) is 11.8. The van der Waals surface area contributed by atoms with E-state index in [1.165, 1.54) is 11.3 Å². The summed E-state index contributed by atoms with van der Waals surface area (Å²) >= 11 is 1.44. The number of thiazole rings is 1. The summed E-state index contributed by atoms with van der Waals surface area (Å²) in [5, 5.41) is 1.79. The van der Waals surface area contributed by atoms with Crippen LogP contribution in [0.2, 0.25) is 0 Å². The lowest BCUT2D eigenvalue weighted by Gasteiger charge is -2.50. The highest BCUT2D eigenvalue weighted by molar-refractivity contribution is 7.07. The lowest BCUT2D eigenvalue weighted by Crippen LogP contribution is -2.66. The first kappa shape index (κ1) is 15.5. The van der Waals surface area contributed by atoms with E-state index in [4.69, 9.17) is 9.47 Å². The number of pyridine rings is 1. The van der Waals surface area contributed by atoms with Gasteiger partial charge in [-0.05, 0) is 30.9 Å². The van der Waals surface area contributed by atoms with Crippen LogP contribution in [-0.4, -0.2) is 52.7 Å². The Morgan fingerprint density at radius 2 is 2.42 bits per heavy atom. The average molecular weight is 345 g/mol. The van der Waals surface area contributed by atoms with Crippen molar-refractivity contribution in [3.63, 3.8) is 0 Å². The molecule has 2 saturated heterocycles. The molecule has 1 amide bonds. The molecule has 0 aliphatic carbocycles. The molecule has 0 N–H and O–H groups in total. The fourth-order valence-electron chi connectivity index (χ4n) is 3.52. The molecule has 24 heavy (non-hydrogen) atoms. The van der Waals surface area contributed by atoms with Gasteiger partial charge in [-0.25, -0.2) is 4.98 Å². The minimum Gasteiger partial charge on any atom is -0.492 e. The Morgan fingerprint density at radius 1 is 1.50 bits per heavy atom. The number of likely N-dealkylation sites (tertiary alicyclic amines) is 1. The van der Waals surface area contributed by atoms with Gasteiger partial charge in [-0.1, -0.05) is 0 Å². The van der Waals surface area contributed by atoms with Gasteiger partial charge < -0.3 is 14.4 Å². The summed E-state index contributed by atoms with van der Waals surface area (Å²) in [5.74, 6) is 1.22. The van der Waals surface area contributed by atoms with Gasteiger partial charge >= 0.3 is 0 Å². The van der Waals surface area contributed by atoms with Crippen LogP contribution >= 0.6 is 11.3 Å². The fraction of sp³-hybridized carbons (Fsp3) is 0.471. The Labute approximate surface area is 144 Å². The molecule has 1 atom stereocenters. The second-order valence-electron chi connectivity index (χ2n) is 6.26. The van der Waals surface area contributed by atoms with Crippen LogP contribution in [0.1, 0.15) is 23.3 Å². The molecule has 0 aromatic carbocycles. The van der Waals surface area contributed by atoms with E-state index >= 15 is 0 Å². The average Bonchev–Trinajstić information content (AvgIpc) is 3.24. The lowest BCUT2D eigenvalue weighted by atomic mass is 9.79. The molecule has 126 valence electrons. The van der Waals surface area contributed by atoms with Gasteiger partial charge in [0.1, 0.15) is 17.0 Å². The van der Waals surface area contributed by atoms with E-state index in [1.807, 2.05) is 17.0 Å². The van der Waals surface area contributed by atoms with Crippen LogP contribution in [0.5, 0.6) is 5.75 Å². The SMILES string of the molecule is O=C(c1cscn1)N1CC2(C1)OCCC2CCOc1cccnc1. The molecule has 0 bridgehead atoms. The quantitative estimate of drug-likeness (QED) is 0.831. The molecule has 2 aliphatic heterocycles. The number of carbonyl (C=O) groups is 1. The summed E-state index contributed by atoms with van der Waals surface area (Å²) < 4.78 is 11.8. The zero-order valence-corrected chi connectivity index (χ0v) is 14.1. The lowest BCUT2D eigenvalue weighted by molar-refractivity contribution is -0.119. The minimum absolute atomic E-state index is 0.00253. The smallest absolute Gasteiger partial charge is 0.273 e. The zero-order chi connectivity index (χ0) is 16.4. The summed E-state index contributed by atoms with van der Waals surface area (Å²) in [4.78, 5) is 22.3. The number of ether oxygens (including phenoxy) is 2. The van der Waals surface area contributed by atoms with Crippen molar-refractivity contribution < 1.29 is 14.3 Å². The van der Waals surface area contributed by atoms with Crippen molar-refractivity contribution >= 4 is 17.2 Å². The summed E-state index contributed by atoms with van der Waals surface area (Å²) in [7, 11) is 0. The number of rotatable bonds is 5. The Hall–Kier alpha value is -1.99. The van der Waals surface area contributed by atoms with Gasteiger partial charge in [0, 0.05) is 18.2 Å². The molecule has 0 saturated carbocycles. The van der Waals surface area contributed by atoms with Crippen molar-refractivity contribution in [3.8, 4) is 5.75 Å². The maximum absolute atomic E-state index is 12.3. The molecule has 2 aromatic heterocycles. The van der Waals surface area contributed by atoms with Gasteiger partial charge in [-0.3, -0.25) is 9.78 Å². The molecule has 1 unspecified atom stereocenters. The highest BCUT2D eigenvalue weighted by atomic mass is 32.1. The number of hydrogen-bond donors (Lipinski definition) is 0. The van der Waals surface area contributed by atoms with Crippen molar-refractivity contribution in [1.82, 2.24) is 14.9 Å². The van der Waals surface area contributed by atoms with Crippen molar-refractivity contribution in [2.45, 2.75) is 18.4 Å². The van der Waals surface area contributed by atoms with Crippen LogP contribution in [0.15, 0.2) is 35.4 Å². The van der Waals surface area contributed by atoms with E-state index < -0.39 is 0 Å². The van der Waals surface area contributed by atoms with Crippen LogP contribution in [0, 0.1) is 5.92 Å². The largest absolute Gasteiger partial charge is 0.492 e. The van der Waals surface area contributed by atoms with E-state index in [0.29, 0.717) is 31.3 Å². The van der Waals surface area contributed by atoms with E-state index in [0.717, 1.165) is 25.2 Å². The van der Waals surface area contributed by atoms with E-state index in [-0.39, 0.29) is 11.5 Å². The molecule has 2 aromatic rings. The molecule has 2 fully saturated rings. The summed E-state index contributed by atoms with van der Waals surface area (Å²) in [6.07, 6.45) is 5.40. The minimum atomic E-state index is -0.190.